The maximum atomic E-state index is 12.9. The van der Waals surface area contributed by atoms with E-state index < -0.39 is 6.10 Å². The topological polar surface area (TPSA) is 78.9 Å². The third kappa shape index (κ3) is 63.8. The summed E-state index contributed by atoms with van der Waals surface area (Å²) in [6.45, 7) is 6.49. The Hall–Kier alpha value is -2.89. The smallest absolute Gasteiger partial charge is 0.306 e. The summed E-state index contributed by atoms with van der Waals surface area (Å²) in [5.41, 5.74) is 0. The number of esters is 3. The highest BCUT2D eigenvalue weighted by Gasteiger charge is 2.19. The van der Waals surface area contributed by atoms with Gasteiger partial charge in [-0.2, -0.15) is 0 Å². The van der Waals surface area contributed by atoms with E-state index in [2.05, 4.69) is 81.5 Å². The zero-order valence-corrected chi connectivity index (χ0v) is 51.5. The molecule has 0 saturated heterocycles. The Balaban J connectivity index is 3.98. The highest BCUT2D eigenvalue weighted by Crippen LogP contribution is 2.18. The number of hydrogen-bond acceptors (Lipinski definition) is 6. The van der Waals surface area contributed by atoms with Crippen molar-refractivity contribution in [3.8, 4) is 0 Å². The van der Waals surface area contributed by atoms with Crippen LogP contribution in [0, 0.1) is 0 Å². The Morgan fingerprint density at radius 3 is 0.792 bits per heavy atom. The van der Waals surface area contributed by atoms with Gasteiger partial charge in [0.15, 0.2) is 6.10 Å². The molecule has 0 saturated carbocycles. The van der Waals surface area contributed by atoms with Gasteiger partial charge in [0.1, 0.15) is 13.2 Å². The molecule has 0 N–H and O–H groups in total. The summed E-state index contributed by atoms with van der Waals surface area (Å²) in [6.07, 6.45) is 84.4. The predicted molar refractivity (Wildman–Crippen MR) is 335 cm³/mol. The molecule has 0 aromatic heterocycles. The zero-order chi connectivity index (χ0) is 55.7. The number of unbranched alkanes of at least 4 members (excludes halogenated alkanes) is 41. The second-order valence-electron chi connectivity index (χ2n) is 22.7. The third-order valence-electron chi connectivity index (χ3n) is 15.0. The molecule has 448 valence electrons. The highest BCUT2D eigenvalue weighted by molar-refractivity contribution is 5.71. The van der Waals surface area contributed by atoms with Crippen molar-refractivity contribution in [2.24, 2.45) is 0 Å². The molecule has 0 heterocycles. The molecule has 0 fully saturated rings. The van der Waals surface area contributed by atoms with E-state index in [0.717, 1.165) is 96.3 Å². The first kappa shape index (κ1) is 74.1. The SMILES string of the molecule is CC/C=C\C/C=C\C/C=C\C/C=C\C/C=C\CCCCCCCCCCCCCC(=O)OCC(COC(=O)CCCCCCC)OC(=O)CCCCCCCCCCCCCCCCCCCCCCCCCCCCC. The Kier molecular flexibility index (Phi) is 63.2. The van der Waals surface area contributed by atoms with E-state index in [9.17, 15) is 14.4 Å². The van der Waals surface area contributed by atoms with Crippen molar-refractivity contribution >= 4 is 17.9 Å². The average Bonchev–Trinajstić information content (AvgIpc) is 3.43. The van der Waals surface area contributed by atoms with Crippen LogP contribution in [0.3, 0.4) is 0 Å². The molecule has 1 atom stereocenters. The first-order valence-corrected chi connectivity index (χ1v) is 33.8. The average molecular weight is 1080 g/mol. The number of allylic oxidation sites excluding steroid dienone is 10. The van der Waals surface area contributed by atoms with Crippen LogP contribution < -0.4 is 0 Å². The predicted octanol–water partition coefficient (Wildman–Crippen LogP) is 23.1. The fourth-order valence-corrected chi connectivity index (χ4v) is 10.0. The van der Waals surface area contributed by atoms with Crippen LogP contribution in [0.4, 0.5) is 0 Å². The van der Waals surface area contributed by atoms with Gasteiger partial charge in [0, 0.05) is 19.3 Å². The molecule has 77 heavy (non-hydrogen) atoms. The molecule has 0 bridgehead atoms. The molecule has 0 radical (unpaired) electrons. The zero-order valence-electron chi connectivity index (χ0n) is 51.5. The molecule has 0 aliphatic carbocycles. The van der Waals surface area contributed by atoms with Crippen molar-refractivity contribution in [2.75, 3.05) is 13.2 Å². The fraction of sp³-hybridized carbons (Fsp3) is 0.817. The second kappa shape index (κ2) is 65.6. The van der Waals surface area contributed by atoms with Crippen molar-refractivity contribution in [1.29, 1.82) is 0 Å². The van der Waals surface area contributed by atoms with Crippen molar-refractivity contribution in [3.05, 3.63) is 60.8 Å². The van der Waals surface area contributed by atoms with E-state index in [4.69, 9.17) is 14.2 Å². The van der Waals surface area contributed by atoms with Gasteiger partial charge in [-0.1, -0.05) is 332 Å². The summed E-state index contributed by atoms with van der Waals surface area (Å²) < 4.78 is 16.8. The van der Waals surface area contributed by atoms with Crippen LogP contribution in [0.1, 0.15) is 355 Å². The van der Waals surface area contributed by atoms with Gasteiger partial charge in [0.05, 0.1) is 0 Å². The molecule has 6 nitrogen and oxygen atoms in total. The van der Waals surface area contributed by atoms with Gasteiger partial charge in [0.2, 0.25) is 0 Å². The standard InChI is InChI=1S/C71H128O6/c1-4-7-10-13-15-17-19-21-23-25-27-29-31-33-35-37-39-41-43-45-47-49-51-53-55-58-61-64-70(73)76-67-68(66-75-69(72)63-60-57-12-9-6-3)77-71(74)65-62-59-56-54-52-50-48-46-44-42-40-38-36-34-32-30-28-26-24-22-20-18-16-14-11-8-5-2/h7,10,15,17,21,23,27,29,33,35,68H,4-6,8-9,11-14,16,18-20,22,24-26,28,30-32,34,36-67H2,1-3H3/b10-7-,17-15-,23-21-,29-27-,35-33-. The number of ether oxygens (including phenoxy) is 3. The largest absolute Gasteiger partial charge is 0.462 e. The Labute approximate surface area is 479 Å². The van der Waals surface area contributed by atoms with Crippen molar-refractivity contribution < 1.29 is 28.6 Å². The quantitative estimate of drug-likeness (QED) is 0.0261. The van der Waals surface area contributed by atoms with Gasteiger partial charge in [-0.05, 0) is 64.2 Å². The molecular weight excluding hydrogens is 949 g/mol. The molecule has 0 aliphatic rings. The van der Waals surface area contributed by atoms with Crippen LogP contribution in [0.25, 0.3) is 0 Å². The van der Waals surface area contributed by atoms with E-state index in [-0.39, 0.29) is 31.1 Å². The van der Waals surface area contributed by atoms with Gasteiger partial charge >= 0.3 is 17.9 Å². The summed E-state index contributed by atoms with van der Waals surface area (Å²) in [4.78, 5) is 38.0. The van der Waals surface area contributed by atoms with Crippen LogP contribution in [0.5, 0.6) is 0 Å². The monoisotopic (exact) mass is 1080 g/mol. The van der Waals surface area contributed by atoms with Gasteiger partial charge in [-0.3, -0.25) is 14.4 Å². The van der Waals surface area contributed by atoms with Crippen molar-refractivity contribution in [2.45, 2.75) is 361 Å². The molecule has 6 heteroatoms. The van der Waals surface area contributed by atoms with E-state index in [1.54, 1.807) is 0 Å². The third-order valence-corrected chi connectivity index (χ3v) is 15.0. The molecular formula is C71H128O6. The van der Waals surface area contributed by atoms with Gasteiger partial charge in [-0.25, -0.2) is 0 Å². The Morgan fingerprint density at radius 1 is 0.273 bits per heavy atom. The first-order valence-electron chi connectivity index (χ1n) is 33.8. The lowest BCUT2D eigenvalue weighted by Gasteiger charge is -2.18. The Morgan fingerprint density at radius 2 is 0.506 bits per heavy atom. The lowest BCUT2D eigenvalue weighted by atomic mass is 10.0. The Bertz CT molecular complexity index is 1380. The molecule has 0 aromatic carbocycles. The van der Waals surface area contributed by atoms with E-state index >= 15 is 0 Å². The molecule has 0 aromatic rings. The maximum absolute atomic E-state index is 12.9. The van der Waals surface area contributed by atoms with Crippen LogP contribution in [0.15, 0.2) is 60.8 Å². The van der Waals surface area contributed by atoms with Crippen LogP contribution in [-0.4, -0.2) is 37.2 Å². The van der Waals surface area contributed by atoms with Crippen LogP contribution in [-0.2, 0) is 28.6 Å². The molecule has 0 rings (SSSR count). The summed E-state index contributed by atoms with van der Waals surface area (Å²) in [7, 11) is 0. The van der Waals surface area contributed by atoms with E-state index in [0.29, 0.717) is 19.3 Å². The van der Waals surface area contributed by atoms with Gasteiger partial charge in [-0.15, -0.1) is 0 Å². The lowest BCUT2D eigenvalue weighted by Crippen LogP contribution is -2.30. The summed E-state index contributed by atoms with van der Waals surface area (Å²) in [5.74, 6) is -0.869. The number of carbonyl (C=O) groups is 3. The minimum Gasteiger partial charge on any atom is -0.462 e. The molecule has 1 unspecified atom stereocenters. The van der Waals surface area contributed by atoms with Crippen LogP contribution >= 0.6 is 0 Å². The normalized spacial score (nSPS) is 12.4. The number of rotatable bonds is 62. The summed E-state index contributed by atoms with van der Waals surface area (Å²) >= 11 is 0. The van der Waals surface area contributed by atoms with Gasteiger partial charge in [0.25, 0.3) is 0 Å². The van der Waals surface area contributed by atoms with E-state index in [1.807, 2.05) is 0 Å². The van der Waals surface area contributed by atoms with Crippen molar-refractivity contribution in [1.82, 2.24) is 0 Å². The molecule has 0 spiro atoms. The minimum atomic E-state index is -0.770. The van der Waals surface area contributed by atoms with Gasteiger partial charge < -0.3 is 14.2 Å². The molecule has 0 aliphatic heterocycles. The molecule has 0 amide bonds. The maximum Gasteiger partial charge on any atom is 0.306 e. The summed E-state index contributed by atoms with van der Waals surface area (Å²) in [5, 5.41) is 0. The van der Waals surface area contributed by atoms with E-state index in [1.165, 1.54) is 218 Å². The highest BCUT2D eigenvalue weighted by atomic mass is 16.6. The number of carbonyl (C=O) groups excluding carboxylic acids is 3. The van der Waals surface area contributed by atoms with Crippen LogP contribution in [0.2, 0.25) is 0 Å². The second-order valence-corrected chi connectivity index (χ2v) is 22.7. The number of hydrogen-bond donors (Lipinski definition) is 0. The first-order chi connectivity index (χ1) is 38.0. The fourth-order valence-electron chi connectivity index (χ4n) is 10.0. The lowest BCUT2D eigenvalue weighted by molar-refractivity contribution is -0.167. The summed E-state index contributed by atoms with van der Waals surface area (Å²) in [6, 6.07) is 0. The minimum absolute atomic E-state index is 0.0720. The van der Waals surface area contributed by atoms with Crippen molar-refractivity contribution in [3.63, 3.8) is 0 Å².